The maximum Gasteiger partial charge on any atom is 0.252 e. The van der Waals surface area contributed by atoms with Crippen LogP contribution in [-0.2, 0) is 48.7 Å². The Kier molecular flexibility index (Phi) is 8.30. The lowest BCUT2D eigenvalue weighted by Gasteiger charge is -2.46. The topological polar surface area (TPSA) is 6.48 Å². The lowest BCUT2D eigenvalue weighted by Crippen LogP contribution is -2.62. The van der Waals surface area contributed by atoms with Crippen molar-refractivity contribution in [2.24, 2.45) is 0 Å². The molecule has 11 rings (SSSR count). The molecule has 4 aliphatic carbocycles. The summed E-state index contributed by atoms with van der Waals surface area (Å²) < 4.78 is 0. The molecule has 0 fully saturated rings. The standard InChI is InChI=1S/C62H77BN2/c1-54(2,3)36-24-51-53-52(25-36)65(38-21-23-40-42(27-38)58(10,11)33-56(40,6)7)50-31-46-44(60(14,15)35-62(46,18)19)29-48(50)63(53)47-28-43-45(61(16,17)34-59(43,12)13)30-49(47)64(51)37-20-22-39-41(26-37)57(8,9)32-55(39,4)5/h20-31H,32-35H2,1-19H3. The van der Waals surface area contributed by atoms with Gasteiger partial charge in [-0.15, -0.1) is 0 Å². The van der Waals surface area contributed by atoms with Crippen molar-refractivity contribution in [2.45, 2.75) is 206 Å². The minimum absolute atomic E-state index is 0.0653. The highest BCUT2D eigenvalue weighted by Crippen LogP contribution is 2.58. The van der Waals surface area contributed by atoms with Gasteiger partial charge in [0, 0.05) is 34.1 Å². The van der Waals surface area contributed by atoms with Crippen LogP contribution in [0, 0.1) is 0 Å². The fourth-order valence-corrected chi connectivity index (χ4v) is 16.1. The van der Waals surface area contributed by atoms with E-state index in [9.17, 15) is 0 Å². The Balaban J connectivity index is 1.29. The predicted octanol–water partition coefficient (Wildman–Crippen LogP) is 14.9. The Morgan fingerprint density at radius 3 is 0.969 bits per heavy atom. The Morgan fingerprint density at radius 2 is 0.646 bits per heavy atom. The Labute approximate surface area is 394 Å². The third kappa shape index (κ3) is 5.91. The summed E-state index contributed by atoms with van der Waals surface area (Å²) in [6, 6.07) is 31.1. The lowest BCUT2D eigenvalue weighted by atomic mass is 9.33. The van der Waals surface area contributed by atoms with Crippen LogP contribution >= 0.6 is 0 Å². The molecule has 5 aromatic carbocycles. The van der Waals surface area contributed by atoms with E-state index in [1.807, 2.05) is 0 Å². The quantitative estimate of drug-likeness (QED) is 0.160. The summed E-state index contributed by atoms with van der Waals surface area (Å²) in [6.45, 7) is 46.9. The summed E-state index contributed by atoms with van der Waals surface area (Å²) in [5, 5.41) is 0. The molecule has 0 aromatic heterocycles. The first kappa shape index (κ1) is 43.3. The van der Waals surface area contributed by atoms with Gasteiger partial charge in [-0.05, 0) is 189 Å². The Hall–Kier alpha value is -4.24. The van der Waals surface area contributed by atoms with Crippen LogP contribution < -0.4 is 26.2 Å². The molecule has 0 bridgehead atoms. The summed E-state index contributed by atoms with van der Waals surface area (Å²) in [6.07, 6.45) is 4.59. The first-order chi connectivity index (χ1) is 29.8. The van der Waals surface area contributed by atoms with Crippen LogP contribution in [0.25, 0.3) is 0 Å². The van der Waals surface area contributed by atoms with Crippen LogP contribution in [0.2, 0.25) is 0 Å². The summed E-state index contributed by atoms with van der Waals surface area (Å²) >= 11 is 0. The summed E-state index contributed by atoms with van der Waals surface area (Å²) in [7, 11) is 0. The lowest BCUT2D eigenvalue weighted by molar-refractivity contribution is 0.402. The van der Waals surface area contributed by atoms with E-state index in [1.165, 1.54) is 101 Å². The van der Waals surface area contributed by atoms with Gasteiger partial charge < -0.3 is 9.80 Å². The normalized spacial score (nSPS) is 23.0. The molecule has 2 aliphatic heterocycles. The monoisotopic (exact) mass is 861 g/mol. The van der Waals surface area contributed by atoms with Gasteiger partial charge in [0.25, 0.3) is 6.71 Å². The molecule has 5 aromatic rings. The fraction of sp³-hybridized carbons (Fsp3) is 0.516. The number of nitrogens with zero attached hydrogens (tertiary/aromatic N) is 2. The first-order valence-electron chi connectivity index (χ1n) is 25.2. The number of hydrogen-bond acceptors (Lipinski definition) is 2. The first-order valence-corrected chi connectivity index (χ1v) is 25.2. The Morgan fingerprint density at radius 1 is 0.354 bits per heavy atom. The van der Waals surface area contributed by atoms with Gasteiger partial charge >= 0.3 is 0 Å². The van der Waals surface area contributed by atoms with Gasteiger partial charge in [0.2, 0.25) is 0 Å². The van der Waals surface area contributed by atoms with Gasteiger partial charge in [0.05, 0.1) is 0 Å². The van der Waals surface area contributed by atoms with Gasteiger partial charge in [-0.3, -0.25) is 0 Å². The molecule has 0 radical (unpaired) electrons. The second-order valence-electron chi connectivity index (χ2n) is 28.4. The molecule has 2 nitrogen and oxygen atoms in total. The molecule has 338 valence electrons. The van der Waals surface area contributed by atoms with Crippen molar-refractivity contribution < 1.29 is 0 Å². The maximum absolute atomic E-state index is 2.74. The van der Waals surface area contributed by atoms with Gasteiger partial charge in [0.1, 0.15) is 0 Å². The molecule has 65 heavy (non-hydrogen) atoms. The van der Waals surface area contributed by atoms with Crippen molar-refractivity contribution in [3.8, 4) is 0 Å². The van der Waals surface area contributed by atoms with Crippen molar-refractivity contribution >= 4 is 57.2 Å². The molecule has 2 heterocycles. The summed E-state index contributed by atoms with van der Waals surface area (Å²) in [5.74, 6) is 0. The van der Waals surface area contributed by atoms with E-state index >= 15 is 0 Å². The van der Waals surface area contributed by atoms with Gasteiger partial charge in [0.15, 0.2) is 0 Å². The second-order valence-corrected chi connectivity index (χ2v) is 28.4. The highest BCUT2D eigenvalue weighted by atomic mass is 15.2. The van der Waals surface area contributed by atoms with Crippen molar-refractivity contribution in [1.29, 1.82) is 0 Å². The SMILES string of the molecule is CC(C)(C)c1cc2c3c(c1)N(c1ccc4c(c1)C(C)(C)CC4(C)C)c1cc4c(cc1B3c1cc3c(cc1N2c1ccc2c(c1)C(C)(C)CC2(C)C)C(C)(C)CC3(C)C)C(C)(C)CC4(C)C. The molecule has 0 amide bonds. The second kappa shape index (κ2) is 12.4. The molecule has 0 saturated carbocycles. The number of hydrogen-bond donors (Lipinski definition) is 0. The number of rotatable bonds is 2. The third-order valence-electron chi connectivity index (χ3n) is 18.1. The number of anilines is 6. The number of fused-ring (bicyclic) bond motifs is 8. The molecule has 0 unspecified atom stereocenters. The molecule has 6 aliphatic rings. The van der Waals surface area contributed by atoms with E-state index < -0.39 is 0 Å². The van der Waals surface area contributed by atoms with Gasteiger partial charge in [-0.2, -0.15) is 0 Å². The largest absolute Gasteiger partial charge is 0.311 e. The molecule has 0 N–H and O–H groups in total. The summed E-state index contributed by atoms with van der Waals surface area (Å²) in [5.41, 5.74) is 26.5. The molecular formula is C62H77BN2. The van der Waals surface area contributed by atoms with E-state index in [2.05, 4.69) is 214 Å². The smallest absolute Gasteiger partial charge is 0.252 e. The van der Waals surface area contributed by atoms with Crippen molar-refractivity contribution in [1.82, 2.24) is 0 Å². The Bertz CT molecular complexity index is 2750. The average molecular weight is 861 g/mol. The van der Waals surface area contributed by atoms with Crippen LogP contribution in [0.5, 0.6) is 0 Å². The van der Waals surface area contributed by atoms with Crippen molar-refractivity contribution in [3.05, 3.63) is 123 Å². The van der Waals surface area contributed by atoms with Gasteiger partial charge in [-0.25, -0.2) is 0 Å². The molecular weight excluding hydrogens is 784 g/mol. The van der Waals surface area contributed by atoms with Crippen molar-refractivity contribution in [3.63, 3.8) is 0 Å². The van der Waals surface area contributed by atoms with Crippen LogP contribution in [0.1, 0.15) is 207 Å². The maximum atomic E-state index is 2.74. The van der Waals surface area contributed by atoms with E-state index in [4.69, 9.17) is 0 Å². The third-order valence-corrected chi connectivity index (χ3v) is 18.1. The van der Waals surface area contributed by atoms with E-state index in [-0.39, 0.29) is 55.4 Å². The van der Waals surface area contributed by atoms with Crippen LogP contribution in [-0.4, -0.2) is 6.71 Å². The van der Waals surface area contributed by atoms with Crippen LogP contribution in [0.4, 0.5) is 34.1 Å². The minimum atomic E-state index is -0.0826. The molecule has 3 heteroatoms. The van der Waals surface area contributed by atoms with Gasteiger partial charge in [-0.1, -0.05) is 156 Å². The average Bonchev–Trinajstić information content (AvgIpc) is 3.65. The molecule has 0 saturated heterocycles. The van der Waals surface area contributed by atoms with E-state index in [1.54, 1.807) is 0 Å². The molecule has 0 spiro atoms. The van der Waals surface area contributed by atoms with E-state index in [0.717, 1.165) is 25.7 Å². The fourth-order valence-electron chi connectivity index (χ4n) is 16.1. The zero-order valence-electron chi connectivity index (χ0n) is 43.7. The predicted molar refractivity (Wildman–Crippen MR) is 282 cm³/mol. The highest BCUT2D eigenvalue weighted by Gasteiger charge is 2.52. The molecule has 0 atom stereocenters. The zero-order valence-corrected chi connectivity index (χ0v) is 43.7. The van der Waals surface area contributed by atoms with Crippen LogP contribution in [0.3, 0.4) is 0 Å². The zero-order chi connectivity index (χ0) is 46.9. The number of benzene rings is 5. The van der Waals surface area contributed by atoms with Crippen LogP contribution in [0.15, 0.2) is 72.8 Å². The minimum Gasteiger partial charge on any atom is -0.311 e. The van der Waals surface area contributed by atoms with E-state index in [0.29, 0.717) is 0 Å². The van der Waals surface area contributed by atoms with Crippen molar-refractivity contribution in [2.75, 3.05) is 9.80 Å². The highest BCUT2D eigenvalue weighted by molar-refractivity contribution is 7.00. The summed E-state index contributed by atoms with van der Waals surface area (Å²) in [4.78, 5) is 5.47.